The van der Waals surface area contributed by atoms with Gasteiger partial charge in [-0.15, -0.1) is 0 Å². The minimum Gasteiger partial charge on any atom is -0.363 e. The van der Waals surface area contributed by atoms with E-state index in [9.17, 15) is 10.1 Å². The smallest absolute Gasteiger partial charge is 0.274 e. The molecule has 5 heteroatoms. The molecule has 0 aliphatic rings. The molecule has 0 fully saturated rings. The summed E-state index contributed by atoms with van der Waals surface area (Å²) < 4.78 is 0. The van der Waals surface area contributed by atoms with Gasteiger partial charge in [-0.25, -0.2) is 0 Å². The van der Waals surface area contributed by atoms with Crippen molar-refractivity contribution in [2.75, 3.05) is 0 Å². The maximum absolute atomic E-state index is 10.7. The third-order valence-electron chi connectivity index (χ3n) is 2.89. The summed E-state index contributed by atoms with van der Waals surface area (Å²) in [6, 6.07) is 19.5. The van der Waals surface area contributed by atoms with E-state index in [4.69, 9.17) is 0 Å². The molecule has 0 radical (unpaired) electrons. The van der Waals surface area contributed by atoms with Gasteiger partial charge >= 0.3 is 0 Å². The third-order valence-corrected chi connectivity index (χ3v) is 2.89. The molecular weight excluding hydrogens is 266 g/mol. The van der Waals surface area contributed by atoms with Gasteiger partial charge in [0.1, 0.15) is 0 Å². The highest BCUT2D eigenvalue weighted by molar-refractivity contribution is 5.17. The molecule has 0 saturated heterocycles. The van der Waals surface area contributed by atoms with Crippen molar-refractivity contribution in [1.82, 2.24) is 10.6 Å². The topological polar surface area (TPSA) is 67.2 Å². The van der Waals surface area contributed by atoms with Gasteiger partial charge in [0.15, 0.2) is 5.82 Å². The molecule has 0 heterocycles. The van der Waals surface area contributed by atoms with Crippen LogP contribution in [0.2, 0.25) is 0 Å². The lowest BCUT2D eigenvalue weighted by Crippen LogP contribution is -2.26. The first-order chi connectivity index (χ1) is 10.2. The van der Waals surface area contributed by atoms with Crippen molar-refractivity contribution >= 4 is 0 Å². The Hall–Kier alpha value is -2.82. The summed E-state index contributed by atoms with van der Waals surface area (Å²) in [5.74, 6) is 0.396. The van der Waals surface area contributed by atoms with Crippen molar-refractivity contribution in [3.05, 3.63) is 93.9 Å². The van der Waals surface area contributed by atoms with Gasteiger partial charge in [-0.3, -0.25) is 10.1 Å². The Kier molecular flexibility index (Phi) is 5.34. The Morgan fingerprint density at radius 2 is 1.33 bits per heavy atom. The maximum atomic E-state index is 10.7. The monoisotopic (exact) mass is 283 g/mol. The lowest BCUT2D eigenvalue weighted by molar-refractivity contribution is -0.404. The van der Waals surface area contributed by atoms with Gasteiger partial charge in [-0.1, -0.05) is 60.7 Å². The van der Waals surface area contributed by atoms with Crippen LogP contribution in [0.25, 0.3) is 0 Å². The van der Waals surface area contributed by atoms with Gasteiger partial charge in [0.25, 0.3) is 6.20 Å². The molecule has 0 aliphatic heterocycles. The van der Waals surface area contributed by atoms with E-state index in [0.717, 1.165) is 17.3 Å². The number of nitrogens with one attached hydrogen (secondary N) is 2. The van der Waals surface area contributed by atoms with Crippen LogP contribution in [0.5, 0.6) is 0 Å². The predicted octanol–water partition coefficient (Wildman–Crippen LogP) is 2.64. The van der Waals surface area contributed by atoms with Crippen molar-refractivity contribution in [2.24, 2.45) is 0 Å². The van der Waals surface area contributed by atoms with Crippen LogP contribution >= 0.6 is 0 Å². The molecule has 2 aromatic carbocycles. The first kappa shape index (κ1) is 14.6. The lowest BCUT2D eigenvalue weighted by atomic mass is 10.2. The van der Waals surface area contributed by atoms with Crippen LogP contribution in [0.3, 0.4) is 0 Å². The second-order valence-corrected chi connectivity index (χ2v) is 4.51. The van der Waals surface area contributed by atoms with Crippen LogP contribution in [0, 0.1) is 10.1 Å². The van der Waals surface area contributed by atoms with E-state index < -0.39 is 4.92 Å². The largest absolute Gasteiger partial charge is 0.363 e. The number of hydrogen-bond acceptors (Lipinski definition) is 4. The number of benzene rings is 2. The van der Waals surface area contributed by atoms with Crippen LogP contribution in [-0.4, -0.2) is 4.92 Å². The number of rotatable bonds is 7. The average molecular weight is 283 g/mol. The van der Waals surface area contributed by atoms with E-state index >= 15 is 0 Å². The Morgan fingerprint density at radius 3 is 1.71 bits per heavy atom. The summed E-state index contributed by atoms with van der Waals surface area (Å²) >= 11 is 0. The van der Waals surface area contributed by atoms with Crippen LogP contribution in [0.15, 0.2) is 72.7 Å². The molecule has 0 saturated carbocycles. The molecule has 108 valence electrons. The van der Waals surface area contributed by atoms with Gasteiger partial charge < -0.3 is 10.6 Å². The average Bonchev–Trinajstić information content (AvgIpc) is 2.51. The zero-order valence-corrected chi connectivity index (χ0v) is 11.5. The Bertz CT molecular complexity index is 552. The highest BCUT2D eigenvalue weighted by Gasteiger charge is 2.03. The van der Waals surface area contributed by atoms with E-state index in [-0.39, 0.29) is 0 Å². The number of hydrogen-bond donors (Lipinski definition) is 2. The zero-order valence-electron chi connectivity index (χ0n) is 11.5. The highest BCUT2D eigenvalue weighted by Crippen LogP contribution is 2.01. The molecule has 2 aromatic rings. The van der Waals surface area contributed by atoms with Crippen LogP contribution < -0.4 is 10.6 Å². The van der Waals surface area contributed by atoms with Crippen LogP contribution in [0.1, 0.15) is 11.1 Å². The van der Waals surface area contributed by atoms with Crippen molar-refractivity contribution in [3.63, 3.8) is 0 Å². The first-order valence-corrected chi connectivity index (χ1v) is 6.65. The van der Waals surface area contributed by atoms with E-state index in [0.29, 0.717) is 18.9 Å². The molecule has 0 unspecified atom stereocenters. The van der Waals surface area contributed by atoms with E-state index in [1.54, 1.807) is 0 Å². The molecule has 21 heavy (non-hydrogen) atoms. The van der Waals surface area contributed by atoms with Crippen molar-refractivity contribution in [1.29, 1.82) is 0 Å². The minimum absolute atomic E-state index is 0.396. The van der Waals surface area contributed by atoms with Gasteiger partial charge in [-0.05, 0) is 11.1 Å². The fourth-order valence-corrected chi connectivity index (χ4v) is 1.85. The van der Waals surface area contributed by atoms with E-state index in [1.807, 2.05) is 60.7 Å². The fraction of sp³-hybridized carbons (Fsp3) is 0.125. The van der Waals surface area contributed by atoms with Crippen LogP contribution in [0.4, 0.5) is 0 Å². The second kappa shape index (κ2) is 7.69. The molecule has 0 spiro atoms. The van der Waals surface area contributed by atoms with Crippen molar-refractivity contribution in [2.45, 2.75) is 13.1 Å². The van der Waals surface area contributed by atoms with E-state index in [2.05, 4.69) is 10.6 Å². The quantitative estimate of drug-likeness (QED) is 0.605. The van der Waals surface area contributed by atoms with E-state index in [1.165, 1.54) is 0 Å². The van der Waals surface area contributed by atoms with Gasteiger partial charge in [0, 0.05) is 13.1 Å². The first-order valence-electron chi connectivity index (χ1n) is 6.65. The SMILES string of the molecule is O=[N+]([O-])C=C(NCc1ccccc1)NCc1ccccc1. The highest BCUT2D eigenvalue weighted by atomic mass is 16.6. The molecule has 0 atom stereocenters. The normalized spacial score (nSPS) is 9.71. The summed E-state index contributed by atoms with van der Waals surface area (Å²) in [7, 11) is 0. The van der Waals surface area contributed by atoms with Gasteiger partial charge in [-0.2, -0.15) is 0 Å². The summed E-state index contributed by atoms with van der Waals surface area (Å²) in [6.45, 7) is 1.06. The molecule has 0 bridgehead atoms. The molecule has 0 aliphatic carbocycles. The van der Waals surface area contributed by atoms with Crippen molar-refractivity contribution < 1.29 is 4.92 Å². The van der Waals surface area contributed by atoms with Crippen LogP contribution in [-0.2, 0) is 13.1 Å². The zero-order chi connectivity index (χ0) is 14.9. The molecule has 5 nitrogen and oxygen atoms in total. The predicted molar refractivity (Wildman–Crippen MR) is 81.6 cm³/mol. The number of nitrogens with zero attached hydrogens (tertiary/aromatic N) is 1. The van der Waals surface area contributed by atoms with Gasteiger partial charge in [0.2, 0.25) is 0 Å². The lowest BCUT2D eigenvalue weighted by Gasteiger charge is -2.11. The maximum Gasteiger partial charge on any atom is 0.274 e. The van der Waals surface area contributed by atoms with Crippen molar-refractivity contribution in [3.8, 4) is 0 Å². The Morgan fingerprint density at radius 1 is 0.905 bits per heavy atom. The minimum atomic E-state index is -0.467. The molecule has 0 amide bonds. The molecular formula is C16H17N3O2. The summed E-state index contributed by atoms with van der Waals surface area (Å²) in [5, 5.41) is 16.8. The van der Waals surface area contributed by atoms with Gasteiger partial charge in [0.05, 0.1) is 4.92 Å². The Balaban J connectivity index is 1.94. The Labute approximate surface area is 123 Å². The standard InChI is InChI=1S/C16H17N3O2/c20-19(21)13-16(17-11-14-7-3-1-4-8-14)18-12-15-9-5-2-6-10-15/h1-10,13,17-18H,11-12H2. The third kappa shape index (κ3) is 5.36. The number of nitro groups is 1. The molecule has 2 rings (SSSR count). The molecule has 2 N–H and O–H groups in total. The summed E-state index contributed by atoms with van der Waals surface area (Å²) in [5.41, 5.74) is 2.13. The fourth-order valence-electron chi connectivity index (χ4n) is 1.85. The molecule has 0 aromatic heterocycles. The summed E-state index contributed by atoms with van der Waals surface area (Å²) in [4.78, 5) is 10.2. The summed E-state index contributed by atoms with van der Waals surface area (Å²) in [6.07, 6.45) is 0.950. The second-order valence-electron chi connectivity index (χ2n) is 4.51.